The highest BCUT2D eigenvalue weighted by Crippen LogP contribution is 2.19. The summed E-state index contributed by atoms with van der Waals surface area (Å²) in [5.74, 6) is -0.222. The molecule has 0 aliphatic rings. The van der Waals surface area contributed by atoms with Gasteiger partial charge in [-0.25, -0.2) is 0 Å². The van der Waals surface area contributed by atoms with Gasteiger partial charge in [0.1, 0.15) is 5.82 Å². The van der Waals surface area contributed by atoms with E-state index in [1.165, 1.54) is 6.42 Å². The molecule has 4 N–H and O–H groups in total. The lowest BCUT2D eigenvalue weighted by Gasteiger charge is -2.00. The number of nitrogens with zero attached hydrogens (tertiary/aromatic N) is 1. The van der Waals surface area contributed by atoms with Crippen LogP contribution in [0.5, 0.6) is 0 Å². The molecule has 2 rings (SSSR count). The monoisotopic (exact) mass is 271 g/mol. The molecule has 0 saturated heterocycles. The molecule has 2 aromatic rings. The Bertz CT molecular complexity index is 592. The number of benzene rings is 1. The molecule has 1 heterocycles. The number of hydrogen-bond acceptors (Lipinski definition) is 3. The molecular formula is C14H15N4O2. The van der Waals surface area contributed by atoms with Crippen LogP contribution in [-0.2, 0) is 9.59 Å². The number of hydrogen-bond donors (Lipinski definition) is 3. The minimum absolute atomic E-state index is 0.158. The van der Waals surface area contributed by atoms with Gasteiger partial charge in [0.25, 0.3) is 0 Å². The second-order valence-corrected chi connectivity index (χ2v) is 4.23. The van der Waals surface area contributed by atoms with Crippen LogP contribution in [0.3, 0.4) is 0 Å². The van der Waals surface area contributed by atoms with Gasteiger partial charge in [0.05, 0.1) is 12.1 Å². The molecule has 6 heteroatoms. The zero-order valence-corrected chi connectivity index (χ0v) is 10.8. The third-order valence-corrected chi connectivity index (χ3v) is 2.63. The molecule has 0 aliphatic carbocycles. The Kier molecular flexibility index (Phi) is 4.49. The summed E-state index contributed by atoms with van der Waals surface area (Å²) in [6.07, 6.45) is 1.86. The molecule has 0 bridgehead atoms. The van der Waals surface area contributed by atoms with Crippen molar-refractivity contribution >= 4 is 17.6 Å². The maximum atomic E-state index is 11.6. The quantitative estimate of drug-likeness (QED) is 0.741. The van der Waals surface area contributed by atoms with Gasteiger partial charge in [0.2, 0.25) is 11.8 Å². The van der Waals surface area contributed by atoms with E-state index in [0.29, 0.717) is 12.2 Å². The van der Waals surface area contributed by atoms with E-state index in [-0.39, 0.29) is 12.3 Å². The second-order valence-electron chi connectivity index (χ2n) is 4.23. The van der Waals surface area contributed by atoms with Gasteiger partial charge in [-0.05, 0) is 6.42 Å². The molecule has 0 unspecified atom stereocenters. The Morgan fingerprint density at radius 2 is 2.05 bits per heavy atom. The first-order valence-corrected chi connectivity index (χ1v) is 6.18. The van der Waals surface area contributed by atoms with Crippen LogP contribution in [0.25, 0.3) is 11.3 Å². The van der Waals surface area contributed by atoms with Crippen molar-refractivity contribution in [3.8, 4) is 11.3 Å². The molecule has 2 amide bonds. The van der Waals surface area contributed by atoms with Crippen LogP contribution in [0, 0.1) is 6.42 Å². The number of rotatable bonds is 6. The van der Waals surface area contributed by atoms with E-state index < -0.39 is 5.91 Å². The molecule has 103 valence electrons. The van der Waals surface area contributed by atoms with Gasteiger partial charge >= 0.3 is 0 Å². The van der Waals surface area contributed by atoms with Crippen molar-refractivity contribution in [2.45, 2.75) is 12.8 Å². The summed E-state index contributed by atoms with van der Waals surface area (Å²) < 4.78 is 0. The van der Waals surface area contributed by atoms with Gasteiger partial charge in [-0.3, -0.25) is 14.7 Å². The summed E-state index contributed by atoms with van der Waals surface area (Å²) in [4.78, 5) is 22.1. The number of anilines is 1. The van der Waals surface area contributed by atoms with Crippen molar-refractivity contribution in [1.29, 1.82) is 0 Å². The molecule has 0 spiro atoms. The zero-order valence-electron chi connectivity index (χ0n) is 10.8. The first-order chi connectivity index (χ1) is 9.65. The molecule has 20 heavy (non-hydrogen) atoms. The zero-order chi connectivity index (χ0) is 14.4. The fourth-order valence-corrected chi connectivity index (χ4v) is 1.67. The summed E-state index contributed by atoms with van der Waals surface area (Å²) >= 11 is 0. The molecule has 1 aromatic heterocycles. The maximum Gasteiger partial charge on any atom is 0.229 e. The number of nitrogens with two attached hydrogens (primary N) is 1. The van der Waals surface area contributed by atoms with E-state index in [2.05, 4.69) is 15.5 Å². The lowest BCUT2D eigenvalue weighted by atomic mass is 10.1. The molecule has 0 aliphatic heterocycles. The number of H-pyrrole nitrogens is 1. The van der Waals surface area contributed by atoms with Gasteiger partial charge < -0.3 is 11.1 Å². The van der Waals surface area contributed by atoms with E-state index in [1.807, 2.05) is 30.3 Å². The van der Waals surface area contributed by atoms with Crippen LogP contribution >= 0.6 is 0 Å². The average Bonchev–Trinajstić information content (AvgIpc) is 2.88. The molecule has 1 aromatic carbocycles. The Morgan fingerprint density at radius 3 is 2.75 bits per heavy atom. The molecule has 0 saturated carbocycles. The second kappa shape index (κ2) is 6.51. The van der Waals surface area contributed by atoms with E-state index >= 15 is 0 Å². The Balaban J connectivity index is 1.90. The summed E-state index contributed by atoms with van der Waals surface area (Å²) in [5.41, 5.74) is 6.70. The third kappa shape index (κ3) is 3.94. The van der Waals surface area contributed by atoms with Gasteiger partial charge in [-0.2, -0.15) is 5.10 Å². The van der Waals surface area contributed by atoms with Gasteiger partial charge in [0, 0.05) is 18.1 Å². The first-order valence-electron chi connectivity index (χ1n) is 6.18. The van der Waals surface area contributed by atoms with Crippen molar-refractivity contribution in [2.24, 2.45) is 5.73 Å². The minimum atomic E-state index is -0.429. The molecular weight excluding hydrogens is 256 g/mol. The van der Waals surface area contributed by atoms with Crippen LogP contribution in [0.1, 0.15) is 12.8 Å². The van der Waals surface area contributed by atoms with Crippen molar-refractivity contribution in [2.75, 3.05) is 5.32 Å². The summed E-state index contributed by atoms with van der Waals surface area (Å²) in [6.45, 7) is 0. The predicted molar refractivity (Wildman–Crippen MR) is 75.4 cm³/mol. The average molecular weight is 271 g/mol. The number of carbonyl (C=O) groups excluding carboxylic acids is 2. The van der Waals surface area contributed by atoms with E-state index in [1.54, 1.807) is 6.07 Å². The highest BCUT2D eigenvalue weighted by atomic mass is 16.2. The first kappa shape index (κ1) is 13.8. The predicted octanol–water partition coefficient (Wildman–Crippen LogP) is 1.48. The maximum absolute atomic E-state index is 11.6. The lowest BCUT2D eigenvalue weighted by molar-refractivity contribution is -0.118. The van der Waals surface area contributed by atoms with E-state index in [4.69, 9.17) is 5.73 Å². The number of aromatic amines is 1. The molecule has 0 fully saturated rings. The molecule has 1 radical (unpaired) electrons. The third-order valence-electron chi connectivity index (χ3n) is 2.63. The van der Waals surface area contributed by atoms with Crippen LogP contribution in [0.4, 0.5) is 5.82 Å². The minimum Gasteiger partial charge on any atom is -0.370 e. The fraction of sp³-hybridized carbons (Fsp3) is 0.143. The highest BCUT2D eigenvalue weighted by molar-refractivity contribution is 5.97. The Hall–Kier alpha value is -2.63. The largest absolute Gasteiger partial charge is 0.370 e. The lowest BCUT2D eigenvalue weighted by Crippen LogP contribution is -2.15. The van der Waals surface area contributed by atoms with Crippen molar-refractivity contribution < 1.29 is 9.59 Å². The highest BCUT2D eigenvalue weighted by Gasteiger charge is 2.07. The van der Waals surface area contributed by atoms with E-state index in [0.717, 1.165) is 11.3 Å². The number of primary amides is 1. The van der Waals surface area contributed by atoms with Gasteiger partial charge in [-0.1, -0.05) is 30.3 Å². The van der Waals surface area contributed by atoms with Crippen LogP contribution < -0.4 is 11.1 Å². The smallest absolute Gasteiger partial charge is 0.229 e. The van der Waals surface area contributed by atoms with Crippen molar-refractivity contribution in [1.82, 2.24) is 10.2 Å². The standard InChI is InChI=1S/C14H15N4O2/c15-12(19)7-4-8-14(20)16-13-9-11(17-18-13)10-5-2-1-3-6-10/h1-3,5-6,8-9H,4,7H2,(H2,15,19)(H2,16,17,18,20). The van der Waals surface area contributed by atoms with E-state index in [9.17, 15) is 9.59 Å². The molecule has 6 nitrogen and oxygen atoms in total. The Labute approximate surface area is 116 Å². The summed E-state index contributed by atoms with van der Waals surface area (Å²) in [6, 6.07) is 11.4. The summed E-state index contributed by atoms with van der Waals surface area (Å²) in [5, 5.41) is 9.50. The van der Waals surface area contributed by atoms with Crippen LogP contribution in [0.2, 0.25) is 0 Å². The van der Waals surface area contributed by atoms with Crippen molar-refractivity contribution in [3.63, 3.8) is 0 Å². The fourth-order valence-electron chi connectivity index (χ4n) is 1.67. The Morgan fingerprint density at radius 1 is 1.30 bits per heavy atom. The van der Waals surface area contributed by atoms with Crippen molar-refractivity contribution in [3.05, 3.63) is 42.8 Å². The van der Waals surface area contributed by atoms with Crippen LogP contribution in [0.15, 0.2) is 36.4 Å². The molecule has 0 atom stereocenters. The number of amides is 2. The van der Waals surface area contributed by atoms with Gasteiger partial charge in [0.15, 0.2) is 0 Å². The van der Waals surface area contributed by atoms with Gasteiger partial charge in [-0.15, -0.1) is 0 Å². The van der Waals surface area contributed by atoms with Crippen LogP contribution in [-0.4, -0.2) is 22.0 Å². The number of aromatic nitrogens is 2. The number of carbonyl (C=O) groups is 2. The SMILES string of the molecule is NC(=O)CC[CH]C(=O)Nc1cc(-c2ccccc2)n[nH]1. The topological polar surface area (TPSA) is 101 Å². The normalized spacial score (nSPS) is 10.2. The summed E-state index contributed by atoms with van der Waals surface area (Å²) in [7, 11) is 0. The number of nitrogens with one attached hydrogen (secondary N) is 2.